The predicted octanol–water partition coefficient (Wildman–Crippen LogP) is 3.69. The largest absolute Gasteiger partial charge is 0.315 e. The number of benzene rings is 1. The number of rotatable bonds is 6. The van der Waals surface area contributed by atoms with Crippen LogP contribution in [0.1, 0.15) is 38.2 Å². The first-order chi connectivity index (χ1) is 9.31. The normalized spacial score (nSPS) is 20.6. The van der Waals surface area contributed by atoms with Crippen molar-refractivity contribution < 1.29 is 0 Å². The highest BCUT2D eigenvalue weighted by atomic mass is 35.5. The zero-order chi connectivity index (χ0) is 13.5. The molecule has 1 fully saturated rings. The van der Waals surface area contributed by atoms with Gasteiger partial charge >= 0.3 is 0 Å². The first-order valence-electron chi connectivity index (χ1n) is 7.49. The van der Waals surface area contributed by atoms with E-state index in [9.17, 15) is 0 Å². The fraction of sp³-hybridized carbons (Fsp3) is 0.625. The van der Waals surface area contributed by atoms with Gasteiger partial charge in [0, 0.05) is 24.2 Å². The molecule has 0 spiro atoms. The summed E-state index contributed by atoms with van der Waals surface area (Å²) < 4.78 is 0. The predicted molar refractivity (Wildman–Crippen MR) is 82.7 cm³/mol. The number of hydrogen-bond donors (Lipinski definition) is 1. The molecular formula is C16H25ClN2. The second-order valence-electron chi connectivity index (χ2n) is 5.42. The van der Waals surface area contributed by atoms with Crippen LogP contribution in [0, 0.1) is 0 Å². The second-order valence-corrected chi connectivity index (χ2v) is 5.82. The van der Waals surface area contributed by atoms with Crippen LogP contribution in [-0.2, 0) is 6.54 Å². The standard InChI is InChI=1S/C16H25ClN2/c1-2-10-18-12-15-8-5-6-11-19(15)13-14-7-3-4-9-16(14)17/h3-4,7,9,15,18H,2,5-6,8,10-13H2,1H3. The zero-order valence-corrected chi connectivity index (χ0v) is 12.6. The Morgan fingerprint density at radius 1 is 1.32 bits per heavy atom. The van der Waals surface area contributed by atoms with Crippen LogP contribution in [0.3, 0.4) is 0 Å². The van der Waals surface area contributed by atoms with Crippen molar-refractivity contribution in [2.24, 2.45) is 0 Å². The lowest BCUT2D eigenvalue weighted by atomic mass is 10.0. The lowest BCUT2D eigenvalue weighted by molar-refractivity contribution is 0.137. The molecule has 3 heteroatoms. The minimum atomic E-state index is 0.663. The number of halogens is 1. The number of nitrogens with one attached hydrogen (secondary N) is 1. The summed E-state index contributed by atoms with van der Waals surface area (Å²) in [5.74, 6) is 0. The summed E-state index contributed by atoms with van der Waals surface area (Å²) in [7, 11) is 0. The molecular weight excluding hydrogens is 256 g/mol. The second kappa shape index (κ2) is 7.88. The van der Waals surface area contributed by atoms with Crippen molar-refractivity contribution in [1.29, 1.82) is 0 Å². The van der Waals surface area contributed by atoms with Gasteiger partial charge in [0.05, 0.1) is 0 Å². The van der Waals surface area contributed by atoms with Crippen LogP contribution in [0.4, 0.5) is 0 Å². The third kappa shape index (κ3) is 4.48. The molecule has 1 N–H and O–H groups in total. The minimum Gasteiger partial charge on any atom is -0.315 e. The summed E-state index contributed by atoms with van der Waals surface area (Å²) >= 11 is 6.28. The van der Waals surface area contributed by atoms with Gasteiger partial charge in [0.25, 0.3) is 0 Å². The molecule has 0 radical (unpaired) electrons. The Bertz CT molecular complexity index is 381. The van der Waals surface area contributed by atoms with Crippen molar-refractivity contribution in [3.05, 3.63) is 34.9 Å². The quantitative estimate of drug-likeness (QED) is 0.800. The van der Waals surface area contributed by atoms with Gasteiger partial charge in [-0.3, -0.25) is 4.90 Å². The van der Waals surface area contributed by atoms with Crippen molar-refractivity contribution in [1.82, 2.24) is 10.2 Å². The minimum absolute atomic E-state index is 0.663. The van der Waals surface area contributed by atoms with Gasteiger partial charge < -0.3 is 5.32 Å². The lowest BCUT2D eigenvalue weighted by Gasteiger charge is -2.36. The summed E-state index contributed by atoms with van der Waals surface area (Å²) in [6.45, 7) is 6.63. The molecule has 1 heterocycles. The molecule has 1 aliphatic rings. The van der Waals surface area contributed by atoms with Crippen LogP contribution in [-0.4, -0.2) is 30.6 Å². The van der Waals surface area contributed by atoms with Gasteiger partial charge in [0.1, 0.15) is 0 Å². The van der Waals surface area contributed by atoms with E-state index >= 15 is 0 Å². The highest BCUT2D eigenvalue weighted by Gasteiger charge is 2.22. The molecule has 1 saturated heterocycles. The fourth-order valence-corrected chi connectivity index (χ4v) is 2.99. The molecule has 19 heavy (non-hydrogen) atoms. The van der Waals surface area contributed by atoms with E-state index in [1.807, 2.05) is 12.1 Å². The SMILES string of the molecule is CCCNCC1CCCCN1Cc1ccccc1Cl. The van der Waals surface area contributed by atoms with Gasteiger partial charge in [0.2, 0.25) is 0 Å². The highest BCUT2D eigenvalue weighted by molar-refractivity contribution is 6.31. The third-order valence-corrected chi connectivity index (χ3v) is 4.26. The molecule has 0 aliphatic carbocycles. The molecule has 0 saturated carbocycles. The average molecular weight is 281 g/mol. The molecule has 1 aromatic carbocycles. The Labute approximate surface area is 122 Å². The maximum absolute atomic E-state index is 6.28. The van der Waals surface area contributed by atoms with Gasteiger partial charge in [-0.2, -0.15) is 0 Å². The van der Waals surface area contributed by atoms with Crippen LogP contribution < -0.4 is 5.32 Å². The topological polar surface area (TPSA) is 15.3 Å². The van der Waals surface area contributed by atoms with Crippen molar-refractivity contribution in [3.63, 3.8) is 0 Å². The third-order valence-electron chi connectivity index (χ3n) is 3.89. The Morgan fingerprint density at radius 2 is 2.16 bits per heavy atom. The fourth-order valence-electron chi connectivity index (χ4n) is 2.79. The molecule has 1 aromatic rings. The van der Waals surface area contributed by atoms with E-state index in [1.54, 1.807) is 0 Å². The van der Waals surface area contributed by atoms with Gasteiger partial charge in [0.15, 0.2) is 0 Å². The molecule has 0 aromatic heterocycles. The van der Waals surface area contributed by atoms with E-state index in [-0.39, 0.29) is 0 Å². The molecule has 2 rings (SSSR count). The van der Waals surface area contributed by atoms with E-state index in [0.29, 0.717) is 6.04 Å². The van der Waals surface area contributed by atoms with E-state index in [2.05, 4.69) is 29.3 Å². The summed E-state index contributed by atoms with van der Waals surface area (Å²) in [4.78, 5) is 2.59. The van der Waals surface area contributed by atoms with E-state index < -0.39 is 0 Å². The van der Waals surface area contributed by atoms with Crippen LogP contribution in [0.25, 0.3) is 0 Å². The van der Waals surface area contributed by atoms with E-state index in [0.717, 1.165) is 24.7 Å². The molecule has 0 bridgehead atoms. The van der Waals surface area contributed by atoms with Crippen molar-refractivity contribution in [2.75, 3.05) is 19.6 Å². The van der Waals surface area contributed by atoms with Crippen LogP contribution in [0.2, 0.25) is 5.02 Å². The molecule has 2 nitrogen and oxygen atoms in total. The van der Waals surface area contributed by atoms with E-state index in [4.69, 9.17) is 11.6 Å². The Balaban J connectivity index is 1.93. The Kier molecular flexibility index (Phi) is 6.15. The van der Waals surface area contributed by atoms with Crippen molar-refractivity contribution in [3.8, 4) is 0 Å². The van der Waals surface area contributed by atoms with E-state index in [1.165, 1.54) is 37.8 Å². The number of piperidine rings is 1. The number of hydrogen-bond acceptors (Lipinski definition) is 2. The molecule has 1 unspecified atom stereocenters. The maximum Gasteiger partial charge on any atom is 0.0451 e. The number of nitrogens with zero attached hydrogens (tertiary/aromatic N) is 1. The highest BCUT2D eigenvalue weighted by Crippen LogP contribution is 2.22. The lowest BCUT2D eigenvalue weighted by Crippen LogP contribution is -2.45. The van der Waals surface area contributed by atoms with Crippen molar-refractivity contribution in [2.45, 2.75) is 45.2 Å². The Morgan fingerprint density at radius 3 is 2.95 bits per heavy atom. The molecule has 1 atom stereocenters. The monoisotopic (exact) mass is 280 g/mol. The van der Waals surface area contributed by atoms with Gasteiger partial charge in [-0.1, -0.05) is 43.1 Å². The van der Waals surface area contributed by atoms with Crippen molar-refractivity contribution >= 4 is 11.6 Å². The summed E-state index contributed by atoms with van der Waals surface area (Å²) in [5, 5.41) is 4.46. The molecule has 106 valence electrons. The van der Waals surface area contributed by atoms with Gasteiger partial charge in [-0.15, -0.1) is 0 Å². The maximum atomic E-state index is 6.28. The smallest absolute Gasteiger partial charge is 0.0451 e. The first kappa shape index (κ1) is 14.8. The Hall–Kier alpha value is -0.570. The summed E-state index contributed by atoms with van der Waals surface area (Å²) in [6, 6.07) is 8.88. The zero-order valence-electron chi connectivity index (χ0n) is 11.9. The van der Waals surface area contributed by atoms with Crippen LogP contribution in [0.15, 0.2) is 24.3 Å². The average Bonchev–Trinajstić information content (AvgIpc) is 2.43. The number of likely N-dealkylation sites (tertiary alicyclic amines) is 1. The first-order valence-corrected chi connectivity index (χ1v) is 7.87. The van der Waals surface area contributed by atoms with Crippen LogP contribution >= 0.6 is 11.6 Å². The van der Waals surface area contributed by atoms with Crippen LogP contribution in [0.5, 0.6) is 0 Å². The summed E-state index contributed by atoms with van der Waals surface area (Å²) in [6.07, 6.45) is 5.19. The summed E-state index contributed by atoms with van der Waals surface area (Å²) in [5.41, 5.74) is 1.26. The molecule has 0 amide bonds. The van der Waals surface area contributed by atoms with Gasteiger partial charge in [-0.05, 0) is 44.0 Å². The van der Waals surface area contributed by atoms with Gasteiger partial charge in [-0.25, -0.2) is 0 Å². The molecule has 1 aliphatic heterocycles.